The van der Waals surface area contributed by atoms with Crippen molar-refractivity contribution in [2.45, 2.75) is 43.4 Å². The first-order chi connectivity index (χ1) is 13.7. The summed E-state index contributed by atoms with van der Waals surface area (Å²) in [6.45, 7) is 2.05. The molecule has 4 aliphatic rings. The van der Waals surface area contributed by atoms with Gasteiger partial charge in [-0.2, -0.15) is 18.4 Å². The van der Waals surface area contributed by atoms with Gasteiger partial charge in [0.25, 0.3) is 0 Å². The average Bonchev–Trinajstić information content (AvgIpc) is 3.24. The number of fused-ring (bicyclic) bond motifs is 2. The molecular weight excluding hydrogens is 389 g/mol. The zero-order valence-corrected chi connectivity index (χ0v) is 15.6. The van der Waals surface area contributed by atoms with Crippen molar-refractivity contribution >= 4 is 11.6 Å². The average molecular weight is 408 g/mol. The second kappa shape index (κ2) is 5.72. The summed E-state index contributed by atoms with van der Waals surface area (Å²) in [7, 11) is 0. The van der Waals surface area contributed by atoms with Crippen LogP contribution in [0.25, 0.3) is 0 Å². The molecule has 9 heteroatoms. The number of ether oxygens (including phenoxy) is 2. The molecular formula is C20H19F3N2O4. The van der Waals surface area contributed by atoms with Crippen LogP contribution in [0.5, 0.6) is 0 Å². The Morgan fingerprint density at radius 2 is 2.17 bits per heavy atom. The van der Waals surface area contributed by atoms with E-state index in [-0.39, 0.29) is 36.6 Å². The zero-order valence-electron chi connectivity index (χ0n) is 15.6. The Hall–Kier alpha value is -2.15. The van der Waals surface area contributed by atoms with Gasteiger partial charge in [-0.3, -0.25) is 9.69 Å². The maximum absolute atomic E-state index is 13.4. The Morgan fingerprint density at radius 1 is 1.41 bits per heavy atom. The SMILES string of the molecule is C[C@@]12C[C@@H](CO)[C@]3(CCO[C@H]4C3C1C(=O)N4c1ccc(C#N)c(C(F)(F)F)c1)O2. The van der Waals surface area contributed by atoms with Gasteiger partial charge in [-0.05, 0) is 31.5 Å². The molecule has 29 heavy (non-hydrogen) atoms. The number of amides is 1. The monoisotopic (exact) mass is 408 g/mol. The lowest BCUT2D eigenvalue weighted by atomic mass is 9.61. The maximum Gasteiger partial charge on any atom is 0.417 e. The normalized spacial score (nSPS) is 40.3. The van der Waals surface area contributed by atoms with Crippen molar-refractivity contribution in [1.82, 2.24) is 0 Å². The van der Waals surface area contributed by atoms with Gasteiger partial charge < -0.3 is 14.6 Å². The lowest BCUT2D eigenvalue weighted by Crippen LogP contribution is -2.55. The number of hydrogen-bond donors (Lipinski definition) is 1. The second-order valence-electron chi connectivity index (χ2n) is 8.52. The van der Waals surface area contributed by atoms with E-state index < -0.39 is 40.7 Å². The van der Waals surface area contributed by atoms with E-state index in [4.69, 9.17) is 14.7 Å². The molecule has 4 fully saturated rings. The molecule has 0 aromatic heterocycles. The summed E-state index contributed by atoms with van der Waals surface area (Å²) in [4.78, 5) is 14.7. The minimum atomic E-state index is -4.72. The van der Waals surface area contributed by atoms with Crippen LogP contribution >= 0.6 is 0 Å². The molecule has 0 aliphatic carbocycles. The quantitative estimate of drug-likeness (QED) is 0.813. The van der Waals surface area contributed by atoms with E-state index in [9.17, 15) is 23.1 Å². The highest BCUT2D eigenvalue weighted by molar-refractivity contribution is 6.00. The van der Waals surface area contributed by atoms with Crippen LogP contribution < -0.4 is 4.90 Å². The number of nitriles is 1. The van der Waals surface area contributed by atoms with Crippen LogP contribution in [0.1, 0.15) is 30.9 Å². The predicted octanol–water partition coefficient (Wildman–Crippen LogP) is 2.44. The molecule has 0 saturated carbocycles. The largest absolute Gasteiger partial charge is 0.417 e. The Balaban J connectivity index is 1.62. The Bertz CT molecular complexity index is 945. The third-order valence-corrected chi connectivity index (χ3v) is 7.12. The van der Waals surface area contributed by atoms with Crippen LogP contribution in [0.4, 0.5) is 18.9 Å². The molecule has 1 aromatic rings. The van der Waals surface area contributed by atoms with Crippen molar-refractivity contribution in [3.63, 3.8) is 0 Å². The molecule has 1 amide bonds. The predicted molar refractivity (Wildman–Crippen MR) is 92.4 cm³/mol. The van der Waals surface area contributed by atoms with E-state index in [0.29, 0.717) is 12.8 Å². The molecule has 1 aromatic carbocycles. The summed E-state index contributed by atoms with van der Waals surface area (Å²) in [5, 5.41) is 18.9. The fourth-order valence-electron chi connectivity index (χ4n) is 6.12. The molecule has 4 heterocycles. The highest BCUT2D eigenvalue weighted by atomic mass is 19.4. The number of benzene rings is 1. The van der Waals surface area contributed by atoms with Gasteiger partial charge in [-0.25, -0.2) is 0 Å². The number of halogens is 3. The number of nitrogens with zero attached hydrogens (tertiary/aromatic N) is 2. The highest BCUT2D eigenvalue weighted by Gasteiger charge is 2.77. The van der Waals surface area contributed by atoms with Gasteiger partial charge in [0.15, 0.2) is 0 Å². The summed E-state index contributed by atoms with van der Waals surface area (Å²) in [5.41, 5.74) is -3.01. The second-order valence-corrected chi connectivity index (χ2v) is 8.52. The van der Waals surface area contributed by atoms with Crippen LogP contribution in [0.15, 0.2) is 18.2 Å². The summed E-state index contributed by atoms with van der Waals surface area (Å²) >= 11 is 0. The van der Waals surface area contributed by atoms with E-state index >= 15 is 0 Å². The number of rotatable bonds is 2. The lowest BCUT2D eigenvalue weighted by molar-refractivity contribution is -0.154. The Kier molecular flexibility index (Phi) is 3.72. The summed E-state index contributed by atoms with van der Waals surface area (Å²) in [6.07, 6.45) is -4.41. The third kappa shape index (κ3) is 2.25. The van der Waals surface area contributed by atoms with Crippen LogP contribution in [-0.2, 0) is 20.4 Å². The minimum Gasteiger partial charge on any atom is -0.396 e. The van der Waals surface area contributed by atoms with E-state index in [2.05, 4.69) is 0 Å². The highest BCUT2D eigenvalue weighted by Crippen LogP contribution is 2.67. The first-order valence-corrected chi connectivity index (χ1v) is 9.53. The molecule has 2 bridgehead atoms. The number of carbonyl (C=O) groups excluding carboxylic acids is 1. The molecule has 6 atom stereocenters. The van der Waals surface area contributed by atoms with Gasteiger partial charge in [0, 0.05) is 30.6 Å². The molecule has 1 spiro atoms. The third-order valence-electron chi connectivity index (χ3n) is 7.12. The van der Waals surface area contributed by atoms with Crippen molar-refractivity contribution in [2.24, 2.45) is 17.8 Å². The molecule has 4 aliphatic heterocycles. The number of hydrogen-bond acceptors (Lipinski definition) is 5. The smallest absolute Gasteiger partial charge is 0.396 e. The lowest BCUT2D eigenvalue weighted by Gasteiger charge is -2.45. The summed E-state index contributed by atoms with van der Waals surface area (Å²) in [6, 6.07) is 4.84. The van der Waals surface area contributed by atoms with Crippen LogP contribution in [-0.4, -0.2) is 41.7 Å². The number of anilines is 1. The van der Waals surface area contributed by atoms with Crippen molar-refractivity contribution in [2.75, 3.05) is 18.1 Å². The topological polar surface area (TPSA) is 82.8 Å². The molecule has 6 nitrogen and oxygen atoms in total. The summed E-state index contributed by atoms with van der Waals surface area (Å²) in [5.74, 6) is -1.37. The number of alkyl halides is 3. The fraction of sp³-hybridized carbons (Fsp3) is 0.600. The first kappa shape index (κ1) is 18.9. The molecule has 154 valence electrons. The van der Waals surface area contributed by atoms with E-state index in [1.165, 1.54) is 11.0 Å². The van der Waals surface area contributed by atoms with Crippen molar-refractivity contribution in [1.29, 1.82) is 5.26 Å². The van der Waals surface area contributed by atoms with Crippen LogP contribution in [0, 0.1) is 29.1 Å². The number of aliphatic hydroxyl groups is 1. The van der Waals surface area contributed by atoms with E-state index in [0.717, 1.165) is 12.1 Å². The number of carbonyl (C=O) groups is 1. The van der Waals surface area contributed by atoms with Crippen molar-refractivity contribution < 1.29 is 32.5 Å². The van der Waals surface area contributed by atoms with Crippen LogP contribution in [0.2, 0.25) is 0 Å². The zero-order chi connectivity index (χ0) is 20.8. The molecule has 4 saturated heterocycles. The van der Waals surface area contributed by atoms with E-state index in [1.807, 2.05) is 6.92 Å². The van der Waals surface area contributed by atoms with Crippen LogP contribution in [0.3, 0.4) is 0 Å². The summed E-state index contributed by atoms with van der Waals surface area (Å²) < 4.78 is 52.6. The molecule has 1 N–H and O–H groups in total. The fourth-order valence-corrected chi connectivity index (χ4v) is 6.12. The van der Waals surface area contributed by atoms with Gasteiger partial charge in [0.2, 0.25) is 5.91 Å². The van der Waals surface area contributed by atoms with Gasteiger partial charge in [-0.15, -0.1) is 0 Å². The van der Waals surface area contributed by atoms with Gasteiger partial charge in [-0.1, -0.05) is 0 Å². The molecule has 5 rings (SSSR count). The Morgan fingerprint density at radius 3 is 2.83 bits per heavy atom. The molecule has 2 unspecified atom stereocenters. The van der Waals surface area contributed by atoms with E-state index in [1.54, 1.807) is 6.07 Å². The van der Waals surface area contributed by atoms with Crippen molar-refractivity contribution in [3.8, 4) is 6.07 Å². The van der Waals surface area contributed by atoms with Gasteiger partial charge in [0.05, 0.1) is 40.9 Å². The number of aliphatic hydroxyl groups excluding tert-OH is 1. The molecule has 0 radical (unpaired) electrons. The van der Waals surface area contributed by atoms with Crippen molar-refractivity contribution in [3.05, 3.63) is 29.3 Å². The Labute approximate surface area is 164 Å². The van der Waals surface area contributed by atoms with Gasteiger partial charge >= 0.3 is 6.18 Å². The minimum absolute atomic E-state index is 0.0568. The van der Waals surface area contributed by atoms with Gasteiger partial charge in [0.1, 0.15) is 6.23 Å². The standard InChI is InChI=1S/C20H19F3N2O4/c1-18-7-11(9-26)19(29-18)4-5-28-17-15(19)14(18)16(27)25(17)12-3-2-10(8-24)13(6-12)20(21,22)23/h2-3,6,11,14-15,17,26H,4-5,7,9H2,1H3/t11-,14?,15?,17-,18+,19-/m0/s1. The first-order valence-electron chi connectivity index (χ1n) is 9.53. The maximum atomic E-state index is 13.4.